The molecule has 0 saturated carbocycles. The van der Waals surface area contributed by atoms with Crippen LogP contribution in [0.5, 0.6) is 5.75 Å². The second-order valence-corrected chi connectivity index (χ2v) is 7.92. The summed E-state index contributed by atoms with van der Waals surface area (Å²) in [4.78, 5) is 16.3. The van der Waals surface area contributed by atoms with Crippen LogP contribution < -0.4 is 4.74 Å². The molecule has 140 valence electrons. The topological polar surface area (TPSA) is 47.4 Å². The molecule has 0 bridgehead atoms. The van der Waals surface area contributed by atoms with E-state index in [9.17, 15) is 4.79 Å². The van der Waals surface area contributed by atoms with Crippen LogP contribution in [0.25, 0.3) is 16.3 Å². The van der Waals surface area contributed by atoms with E-state index in [0.29, 0.717) is 11.6 Å². The number of methoxy groups -OCH3 is 1. The van der Waals surface area contributed by atoms with E-state index in [-0.39, 0.29) is 5.91 Å². The normalized spacial score (nSPS) is 15.1. The van der Waals surface area contributed by atoms with E-state index < -0.39 is 0 Å². The van der Waals surface area contributed by atoms with Crippen molar-refractivity contribution in [3.63, 3.8) is 0 Å². The summed E-state index contributed by atoms with van der Waals surface area (Å²) in [5.41, 5.74) is 2.29. The summed E-state index contributed by atoms with van der Waals surface area (Å²) >= 11 is 1.63. The Bertz CT molecular complexity index is 908. The molecule has 1 saturated heterocycles. The highest BCUT2D eigenvalue weighted by Crippen LogP contribution is 2.28. The Labute approximate surface area is 163 Å². The zero-order chi connectivity index (χ0) is 18.8. The van der Waals surface area contributed by atoms with Crippen LogP contribution in [0.4, 0.5) is 0 Å². The number of ether oxygens (including phenoxy) is 1. The molecule has 6 heteroatoms. The highest BCUT2D eigenvalue weighted by atomic mass is 32.1. The van der Waals surface area contributed by atoms with Crippen molar-refractivity contribution in [2.24, 2.45) is 5.92 Å². The van der Waals surface area contributed by atoms with Crippen molar-refractivity contribution in [2.45, 2.75) is 19.8 Å². The molecule has 0 unspecified atom stereocenters. The Hall–Kier alpha value is -2.60. The number of likely N-dealkylation sites (tertiary alicyclic amines) is 1. The van der Waals surface area contributed by atoms with Crippen LogP contribution >= 0.6 is 11.3 Å². The summed E-state index contributed by atoms with van der Waals surface area (Å²) in [5, 5.41) is 6.77. The van der Waals surface area contributed by atoms with Crippen molar-refractivity contribution in [3.05, 3.63) is 53.5 Å². The molecule has 0 aliphatic carbocycles. The average molecular weight is 382 g/mol. The van der Waals surface area contributed by atoms with Crippen LogP contribution in [0, 0.1) is 5.92 Å². The van der Waals surface area contributed by atoms with E-state index in [0.717, 1.165) is 47.9 Å². The molecule has 1 aliphatic heterocycles. The zero-order valence-corrected chi connectivity index (χ0v) is 16.4. The maximum absolute atomic E-state index is 13.3. The van der Waals surface area contributed by atoms with Gasteiger partial charge in [-0.1, -0.05) is 13.0 Å². The Morgan fingerprint density at radius 3 is 2.56 bits per heavy atom. The fourth-order valence-electron chi connectivity index (χ4n) is 3.37. The third kappa shape index (κ3) is 3.62. The van der Waals surface area contributed by atoms with Gasteiger partial charge in [-0.3, -0.25) is 4.79 Å². The lowest BCUT2D eigenvalue weighted by Gasteiger charge is -2.30. The van der Waals surface area contributed by atoms with E-state index in [1.165, 1.54) is 0 Å². The monoisotopic (exact) mass is 381 g/mol. The fourth-order valence-corrected chi connectivity index (χ4v) is 4.05. The molecule has 2 aromatic heterocycles. The SMILES string of the molecule is COc1ccc(-n2nc(-c3cccs3)cc2C(=O)N2CCC(C)CC2)cc1. The maximum atomic E-state index is 13.3. The van der Waals surface area contributed by atoms with E-state index in [2.05, 4.69) is 6.92 Å². The number of amides is 1. The van der Waals surface area contributed by atoms with Gasteiger partial charge in [0.1, 0.15) is 17.1 Å². The Morgan fingerprint density at radius 1 is 1.19 bits per heavy atom. The molecule has 4 rings (SSSR count). The summed E-state index contributed by atoms with van der Waals surface area (Å²) in [7, 11) is 1.64. The van der Waals surface area contributed by atoms with Gasteiger partial charge in [-0.2, -0.15) is 5.10 Å². The molecule has 0 N–H and O–H groups in total. The van der Waals surface area contributed by atoms with Crippen molar-refractivity contribution in [1.82, 2.24) is 14.7 Å². The number of aromatic nitrogens is 2. The van der Waals surface area contributed by atoms with Crippen LogP contribution in [0.2, 0.25) is 0 Å². The molecular formula is C21H23N3O2S. The molecule has 0 atom stereocenters. The number of thiophene rings is 1. The van der Waals surface area contributed by atoms with Crippen molar-refractivity contribution in [1.29, 1.82) is 0 Å². The number of hydrogen-bond acceptors (Lipinski definition) is 4. The highest BCUT2D eigenvalue weighted by molar-refractivity contribution is 7.13. The number of hydrogen-bond donors (Lipinski definition) is 0. The minimum Gasteiger partial charge on any atom is -0.497 e. The standard InChI is InChI=1S/C21H23N3O2S/c1-15-9-11-23(12-10-15)21(25)19-14-18(20-4-3-13-27-20)22-24(19)16-5-7-17(26-2)8-6-16/h3-8,13-15H,9-12H2,1-2H3. The molecular weight excluding hydrogens is 358 g/mol. The summed E-state index contributed by atoms with van der Waals surface area (Å²) < 4.78 is 7.01. The average Bonchev–Trinajstić information content (AvgIpc) is 3.38. The van der Waals surface area contributed by atoms with Crippen molar-refractivity contribution in [2.75, 3.05) is 20.2 Å². The van der Waals surface area contributed by atoms with Gasteiger partial charge in [0, 0.05) is 13.1 Å². The lowest BCUT2D eigenvalue weighted by molar-refractivity contribution is 0.0688. The molecule has 27 heavy (non-hydrogen) atoms. The predicted octanol–water partition coefficient (Wildman–Crippen LogP) is 4.48. The molecule has 3 heterocycles. The summed E-state index contributed by atoms with van der Waals surface area (Å²) in [6, 6.07) is 13.6. The molecule has 3 aromatic rings. The van der Waals surface area contributed by atoms with Crippen molar-refractivity contribution >= 4 is 17.2 Å². The molecule has 0 spiro atoms. The molecule has 1 aromatic carbocycles. The van der Waals surface area contributed by atoms with Gasteiger partial charge in [0.25, 0.3) is 5.91 Å². The number of carbonyl (C=O) groups excluding carboxylic acids is 1. The van der Waals surface area contributed by atoms with Crippen LogP contribution in [0.15, 0.2) is 47.8 Å². The van der Waals surface area contributed by atoms with Crippen LogP contribution in [0.1, 0.15) is 30.3 Å². The highest BCUT2D eigenvalue weighted by Gasteiger charge is 2.26. The minimum absolute atomic E-state index is 0.0491. The summed E-state index contributed by atoms with van der Waals surface area (Å²) in [5.74, 6) is 1.51. The third-order valence-electron chi connectivity index (χ3n) is 5.09. The van der Waals surface area contributed by atoms with Crippen molar-refractivity contribution in [3.8, 4) is 22.0 Å². The summed E-state index contributed by atoms with van der Waals surface area (Å²) in [6.07, 6.45) is 2.11. The van der Waals surface area contributed by atoms with Crippen LogP contribution in [-0.4, -0.2) is 40.8 Å². The number of carbonyl (C=O) groups is 1. The third-order valence-corrected chi connectivity index (χ3v) is 5.98. The Morgan fingerprint density at radius 2 is 1.93 bits per heavy atom. The smallest absolute Gasteiger partial charge is 0.272 e. The van der Waals surface area contributed by atoms with E-state index in [1.54, 1.807) is 23.1 Å². The molecule has 1 aliphatic rings. The number of nitrogens with zero attached hydrogens (tertiary/aromatic N) is 3. The van der Waals surface area contributed by atoms with Gasteiger partial charge in [-0.25, -0.2) is 4.68 Å². The first-order valence-electron chi connectivity index (χ1n) is 9.23. The van der Waals surface area contributed by atoms with E-state index in [1.807, 2.05) is 52.7 Å². The quantitative estimate of drug-likeness (QED) is 0.669. The first kappa shape index (κ1) is 17.8. The number of piperidine rings is 1. The second kappa shape index (κ2) is 7.56. The maximum Gasteiger partial charge on any atom is 0.272 e. The lowest BCUT2D eigenvalue weighted by atomic mass is 9.99. The summed E-state index contributed by atoms with van der Waals surface area (Å²) in [6.45, 7) is 3.86. The molecule has 0 radical (unpaired) electrons. The van der Waals surface area contributed by atoms with Gasteiger partial charge in [-0.15, -0.1) is 11.3 Å². The Balaban J connectivity index is 1.73. The largest absolute Gasteiger partial charge is 0.497 e. The molecule has 1 amide bonds. The molecule has 1 fully saturated rings. The fraction of sp³-hybridized carbons (Fsp3) is 0.333. The lowest BCUT2D eigenvalue weighted by Crippen LogP contribution is -2.38. The second-order valence-electron chi connectivity index (χ2n) is 6.98. The van der Waals surface area contributed by atoms with Gasteiger partial charge >= 0.3 is 0 Å². The minimum atomic E-state index is 0.0491. The van der Waals surface area contributed by atoms with Crippen molar-refractivity contribution < 1.29 is 9.53 Å². The Kier molecular flexibility index (Phi) is 4.99. The number of benzene rings is 1. The van der Waals surface area contributed by atoms with E-state index >= 15 is 0 Å². The molecule has 5 nitrogen and oxygen atoms in total. The number of rotatable bonds is 4. The van der Waals surface area contributed by atoms with Gasteiger partial charge < -0.3 is 9.64 Å². The first-order chi connectivity index (χ1) is 13.2. The van der Waals surface area contributed by atoms with Gasteiger partial charge in [0.05, 0.1) is 17.7 Å². The first-order valence-corrected chi connectivity index (χ1v) is 10.1. The van der Waals surface area contributed by atoms with Crippen LogP contribution in [0.3, 0.4) is 0 Å². The van der Waals surface area contributed by atoms with Gasteiger partial charge in [-0.05, 0) is 60.5 Å². The van der Waals surface area contributed by atoms with Gasteiger partial charge in [0.2, 0.25) is 0 Å². The van der Waals surface area contributed by atoms with Gasteiger partial charge in [0.15, 0.2) is 0 Å². The van der Waals surface area contributed by atoms with E-state index in [4.69, 9.17) is 9.84 Å². The van der Waals surface area contributed by atoms with Crippen LogP contribution in [-0.2, 0) is 0 Å². The predicted molar refractivity (Wildman–Crippen MR) is 108 cm³/mol. The zero-order valence-electron chi connectivity index (χ0n) is 15.6.